The van der Waals surface area contributed by atoms with Gasteiger partial charge in [-0.05, 0) is 39.0 Å². The highest BCUT2D eigenvalue weighted by molar-refractivity contribution is 14.1. The van der Waals surface area contributed by atoms with E-state index in [4.69, 9.17) is 0 Å². The summed E-state index contributed by atoms with van der Waals surface area (Å²) in [6, 6.07) is 0.834. The van der Waals surface area contributed by atoms with Gasteiger partial charge in [0, 0.05) is 34.4 Å². The van der Waals surface area contributed by atoms with Crippen LogP contribution >= 0.6 is 22.9 Å². The minimum atomic E-state index is 0.667. The highest BCUT2D eigenvalue weighted by atomic mass is 127. The van der Waals surface area contributed by atoms with Gasteiger partial charge in [0.15, 0.2) is 0 Å². The van der Waals surface area contributed by atoms with E-state index in [0.717, 1.165) is 6.04 Å². The Balaban J connectivity index is 2.10. The smallest absolute Gasteiger partial charge is 0.0308 e. The average Bonchev–Trinajstić information content (AvgIpc) is 2.10. The number of halogens is 1. The van der Waals surface area contributed by atoms with Crippen molar-refractivity contribution < 1.29 is 0 Å². The summed E-state index contributed by atoms with van der Waals surface area (Å²) >= 11 is 2.52. The van der Waals surface area contributed by atoms with E-state index in [1.165, 1.54) is 32.1 Å². The maximum atomic E-state index is 2.58. The van der Waals surface area contributed by atoms with E-state index in [2.05, 4.69) is 32.9 Å². The van der Waals surface area contributed by atoms with Gasteiger partial charge in [-0.2, -0.15) is 0 Å². The summed E-state index contributed by atoms with van der Waals surface area (Å²) in [4.78, 5) is 0. The van der Waals surface area contributed by atoms with Crippen molar-refractivity contribution in [1.29, 1.82) is 0 Å². The number of hydrogen-bond donors (Lipinski definition) is 0. The van der Waals surface area contributed by atoms with E-state index >= 15 is 0 Å². The standard InChI is InChI=1S/C8H14IN/c1-7-3-6-8(10(7)9)4-2-5-8/h7H,2-6H2,1H3/t7-/m1/s1. The Bertz CT molecular complexity index is 142. The fraction of sp³-hybridized carbons (Fsp3) is 1.00. The van der Waals surface area contributed by atoms with Crippen LogP contribution in [0.2, 0.25) is 0 Å². The summed E-state index contributed by atoms with van der Waals surface area (Å²) in [6.45, 7) is 2.35. The first-order valence-corrected chi connectivity index (χ1v) is 5.16. The third-order valence-corrected chi connectivity index (χ3v) is 5.13. The third-order valence-electron chi connectivity index (χ3n) is 3.15. The molecule has 0 unspecified atom stereocenters. The Morgan fingerprint density at radius 3 is 2.30 bits per heavy atom. The van der Waals surface area contributed by atoms with Gasteiger partial charge in [-0.3, -0.25) is 0 Å². The van der Waals surface area contributed by atoms with Gasteiger partial charge in [-0.15, -0.1) is 0 Å². The second-order valence-electron chi connectivity index (χ2n) is 3.78. The summed E-state index contributed by atoms with van der Waals surface area (Å²) in [7, 11) is 0. The van der Waals surface area contributed by atoms with Crippen LogP contribution in [-0.2, 0) is 0 Å². The molecule has 1 aliphatic heterocycles. The summed E-state index contributed by atoms with van der Waals surface area (Å²) in [6.07, 6.45) is 7.26. The third kappa shape index (κ3) is 0.843. The number of rotatable bonds is 0. The second-order valence-corrected chi connectivity index (χ2v) is 4.82. The average molecular weight is 251 g/mol. The Morgan fingerprint density at radius 2 is 2.10 bits per heavy atom. The van der Waals surface area contributed by atoms with Crippen LogP contribution in [0.4, 0.5) is 0 Å². The van der Waals surface area contributed by atoms with Crippen molar-refractivity contribution in [2.24, 2.45) is 0 Å². The molecule has 0 bridgehead atoms. The van der Waals surface area contributed by atoms with Crippen LogP contribution in [0, 0.1) is 0 Å². The molecular formula is C8H14IN. The van der Waals surface area contributed by atoms with Crippen molar-refractivity contribution >= 4 is 22.9 Å². The molecule has 0 radical (unpaired) electrons. The van der Waals surface area contributed by atoms with Crippen molar-refractivity contribution in [2.75, 3.05) is 0 Å². The molecule has 1 aliphatic carbocycles. The predicted octanol–water partition coefficient (Wildman–Crippen LogP) is 2.74. The first kappa shape index (κ1) is 7.35. The van der Waals surface area contributed by atoms with Crippen molar-refractivity contribution in [3.8, 4) is 0 Å². The monoisotopic (exact) mass is 251 g/mol. The molecular weight excluding hydrogens is 237 g/mol. The molecule has 0 aromatic heterocycles. The molecule has 0 aromatic rings. The Kier molecular flexibility index (Phi) is 1.72. The van der Waals surface area contributed by atoms with Crippen molar-refractivity contribution in [2.45, 2.75) is 50.6 Å². The first-order chi connectivity index (χ1) is 4.75. The number of nitrogens with zero attached hydrogens (tertiary/aromatic N) is 1. The molecule has 2 rings (SSSR count). The van der Waals surface area contributed by atoms with Crippen molar-refractivity contribution in [3.05, 3.63) is 0 Å². The quantitative estimate of drug-likeness (QED) is 0.472. The molecule has 0 aromatic carbocycles. The van der Waals surface area contributed by atoms with Gasteiger partial charge >= 0.3 is 0 Å². The molecule has 58 valence electrons. The summed E-state index contributed by atoms with van der Waals surface area (Å²) in [5.41, 5.74) is 0.667. The topological polar surface area (TPSA) is 3.24 Å². The van der Waals surface area contributed by atoms with E-state index in [0.29, 0.717) is 5.54 Å². The maximum absolute atomic E-state index is 2.58. The Hall–Kier alpha value is 0.690. The lowest BCUT2D eigenvalue weighted by atomic mass is 9.76. The highest BCUT2D eigenvalue weighted by Gasteiger charge is 2.47. The molecule has 1 atom stereocenters. The fourth-order valence-electron chi connectivity index (χ4n) is 2.21. The van der Waals surface area contributed by atoms with Crippen molar-refractivity contribution in [3.63, 3.8) is 0 Å². The second kappa shape index (κ2) is 2.34. The fourth-order valence-corrected chi connectivity index (χ4v) is 3.22. The van der Waals surface area contributed by atoms with Gasteiger partial charge in [0.2, 0.25) is 0 Å². The zero-order valence-electron chi connectivity index (χ0n) is 6.44. The largest absolute Gasteiger partial charge is 0.239 e. The van der Waals surface area contributed by atoms with Crippen LogP contribution in [-0.4, -0.2) is 14.7 Å². The van der Waals surface area contributed by atoms with Crippen molar-refractivity contribution in [1.82, 2.24) is 3.11 Å². The lowest BCUT2D eigenvalue weighted by Crippen LogP contribution is -2.45. The van der Waals surface area contributed by atoms with Gasteiger partial charge in [0.25, 0.3) is 0 Å². The van der Waals surface area contributed by atoms with Gasteiger partial charge < -0.3 is 0 Å². The first-order valence-electron chi connectivity index (χ1n) is 4.20. The van der Waals surface area contributed by atoms with Gasteiger partial charge in [-0.1, -0.05) is 0 Å². The van der Waals surface area contributed by atoms with E-state index in [-0.39, 0.29) is 0 Å². The van der Waals surface area contributed by atoms with Crippen LogP contribution in [0.1, 0.15) is 39.0 Å². The van der Waals surface area contributed by atoms with Gasteiger partial charge in [0.05, 0.1) is 0 Å². The molecule has 1 nitrogen and oxygen atoms in total. The van der Waals surface area contributed by atoms with Gasteiger partial charge in [-0.25, -0.2) is 3.11 Å². The Morgan fingerprint density at radius 1 is 1.40 bits per heavy atom. The van der Waals surface area contributed by atoms with Crippen LogP contribution in [0.25, 0.3) is 0 Å². The molecule has 10 heavy (non-hydrogen) atoms. The maximum Gasteiger partial charge on any atom is 0.0308 e. The molecule has 2 aliphatic rings. The lowest BCUT2D eigenvalue weighted by molar-refractivity contribution is 0.139. The SMILES string of the molecule is C[C@@H]1CCC2(CCC2)N1I. The molecule has 2 heteroatoms. The van der Waals surface area contributed by atoms with E-state index < -0.39 is 0 Å². The minimum absolute atomic E-state index is 0.667. The van der Waals surface area contributed by atoms with Crippen LogP contribution in [0.3, 0.4) is 0 Å². The molecule has 0 N–H and O–H groups in total. The van der Waals surface area contributed by atoms with E-state index in [9.17, 15) is 0 Å². The summed E-state index contributed by atoms with van der Waals surface area (Å²) in [5.74, 6) is 0. The van der Waals surface area contributed by atoms with Crippen LogP contribution in [0.5, 0.6) is 0 Å². The Labute approximate surface area is 76.7 Å². The summed E-state index contributed by atoms with van der Waals surface area (Å²) in [5, 5.41) is 0. The molecule has 1 heterocycles. The van der Waals surface area contributed by atoms with Gasteiger partial charge in [0.1, 0.15) is 0 Å². The minimum Gasteiger partial charge on any atom is -0.239 e. The zero-order valence-corrected chi connectivity index (χ0v) is 8.60. The molecule has 2 fully saturated rings. The predicted molar refractivity (Wildman–Crippen MR) is 51.1 cm³/mol. The summed E-state index contributed by atoms with van der Waals surface area (Å²) < 4.78 is 2.58. The molecule has 0 amide bonds. The number of hydrogen-bond acceptors (Lipinski definition) is 1. The molecule has 1 saturated heterocycles. The van der Waals surface area contributed by atoms with E-state index in [1.54, 1.807) is 0 Å². The highest BCUT2D eigenvalue weighted by Crippen LogP contribution is 2.49. The van der Waals surface area contributed by atoms with Crippen LogP contribution in [0.15, 0.2) is 0 Å². The molecule has 1 spiro atoms. The zero-order chi connectivity index (χ0) is 7.19. The normalized spacial score (nSPS) is 38.4. The van der Waals surface area contributed by atoms with Crippen LogP contribution < -0.4 is 0 Å². The lowest BCUT2D eigenvalue weighted by Gasteiger charge is -2.43. The van der Waals surface area contributed by atoms with E-state index in [1.807, 2.05) is 0 Å². The molecule has 1 saturated carbocycles.